The van der Waals surface area contributed by atoms with Gasteiger partial charge >= 0.3 is 0 Å². The second-order valence-electron chi connectivity index (χ2n) is 8.22. The Bertz CT molecular complexity index is 1290. The van der Waals surface area contributed by atoms with Gasteiger partial charge in [0.15, 0.2) is 10.8 Å². The first-order valence-corrected chi connectivity index (χ1v) is 11.9. The van der Waals surface area contributed by atoms with Gasteiger partial charge in [0.25, 0.3) is 0 Å². The quantitative estimate of drug-likeness (QED) is 0.324. The highest BCUT2D eigenvalue weighted by atomic mass is 32.2. The number of rotatable bonds is 7. The average molecular weight is 463 g/mol. The highest BCUT2D eigenvalue weighted by molar-refractivity contribution is 7.98. The van der Waals surface area contributed by atoms with E-state index >= 15 is 0 Å². The first-order chi connectivity index (χ1) is 15.9. The van der Waals surface area contributed by atoms with Crippen molar-refractivity contribution in [3.8, 4) is 0 Å². The summed E-state index contributed by atoms with van der Waals surface area (Å²) in [5, 5.41) is 3.83. The number of aromatic nitrogens is 3. The number of pyridine rings is 1. The van der Waals surface area contributed by atoms with Crippen LogP contribution in [0.3, 0.4) is 0 Å². The number of hydrogen-bond donors (Lipinski definition) is 1. The molecule has 2 heterocycles. The SMILES string of the molecule is CC[C@@H](C(=O)Nc1c(C)cc(C)cc1C)n1c(SCc2cccc(F)c2)nc2cccnc21. The number of halogens is 1. The molecular formula is C26H27FN4OS. The average Bonchev–Trinajstić information content (AvgIpc) is 3.14. The predicted molar refractivity (Wildman–Crippen MR) is 132 cm³/mol. The van der Waals surface area contributed by atoms with E-state index in [4.69, 9.17) is 4.98 Å². The summed E-state index contributed by atoms with van der Waals surface area (Å²) in [4.78, 5) is 22.8. The van der Waals surface area contributed by atoms with Crippen molar-refractivity contribution in [2.45, 2.75) is 51.1 Å². The van der Waals surface area contributed by atoms with Crippen molar-refractivity contribution in [2.24, 2.45) is 0 Å². The molecule has 0 spiro atoms. The molecular weight excluding hydrogens is 435 g/mol. The van der Waals surface area contributed by atoms with Crippen molar-refractivity contribution < 1.29 is 9.18 Å². The van der Waals surface area contributed by atoms with Crippen molar-refractivity contribution in [3.63, 3.8) is 0 Å². The third-order valence-electron chi connectivity index (χ3n) is 5.60. The zero-order chi connectivity index (χ0) is 23.5. The maximum absolute atomic E-state index is 13.6. The fourth-order valence-electron chi connectivity index (χ4n) is 4.14. The second-order valence-corrected chi connectivity index (χ2v) is 9.16. The minimum Gasteiger partial charge on any atom is -0.324 e. The molecule has 7 heteroatoms. The molecule has 1 amide bonds. The smallest absolute Gasteiger partial charge is 0.247 e. The van der Waals surface area contributed by atoms with Crippen LogP contribution in [0.15, 0.2) is 59.9 Å². The monoisotopic (exact) mass is 462 g/mol. The molecule has 0 bridgehead atoms. The van der Waals surface area contributed by atoms with E-state index in [-0.39, 0.29) is 11.7 Å². The van der Waals surface area contributed by atoms with Gasteiger partial charge in [-0.3, -0.25) is 9.36 Å². The van der Waals surface area contributed by atoms with Crippen molar-refractivity contribution in [1.29, 1.82) is 0 Å². The lowest BCUT2D eigenvalue weighted by atomic mass is 10.0. The van der Waals surface area contributed by atoms with Gasteiger partial charge in [0, 0.05) is 17.6 Å². The Balaban J connectivity index is 1.68. The fraction of sp³-hybridized carbons (Fsp3) is 0.269. The lowest BCUT2D eigenvalue weighted by Crippen LogP contribution is -2.27. The lowest BCUT2D eigenvalue weighted by molar-refractivity contribution is -0.119. The van der Waals surface area contributed by atoms with Gasteiger partial charge in [0.1, 0.15) is 17.4 Å². The molecule has 0 aliphatic rings. The van der Waals surface area contributed by atoms with Crippen molar-refractivity contribution in [1.82, 2.24) is 14.5 Å². The van der Waals surface area contributed by atoms with E-state index in [9.17, 15) is 9.18 Å². The molecule has 2 aromatic heterocycles. The van der Waals surface area contributed by atoms with Crippen LogP contribution in [-0.4, -0.2) is 20.4 Å². The second kappa shape index (κ2) is 9.75. The Morgan fingerprint density at radius 3 is 2.58 bits per heavy atom. The number of fused-ring (bicyclic) bond motifs is 1. The molecule has 0 radical (unpaired) electrons. The summed E-state index contributed by atoms with van der Waals surface area (Å²) in [5.74, 6) is 0.165. The molecule has 4 rings (SSSR count). The van der Waals surface area contributed by atoms with Gasteiger partial charge in [-0.1, -0.05) is 48.5 Å². The number of imidazole rings is 1. The number of nitrogens with zero attached hydrogens (tertiary/aromatic N) is 3. The van der Waals surface area contributed by atoms with Gasteiger partial charge < -0.3 is 5.32 Å². The number of carbonyl (C=O) groups is 1. The fourth-order valence-corrected chi connectivity index (χ4v) is 5.13. The van der Waals surface area contributed by atoms with Gasteiger partial charge in [0.2, 0.25) is 5.91 Å². The summed E-state index contributed by atoms with van der Waals surface area (Å²) in [6.45, 7) is 8.04. The van der Waals surface area contributed by atoms with Gasteiger partial charge in [-0.2, -0.15) is 0 Å². The van der Waals surface area contributed by atoms with E-state index in [0.29, 0.717) is 23.0 Å². The van der Waals surface area contributed by atoms with E-state index in [1.807, 2.05) is 50.5 Å². The maximum atomic E-state index is 13.6. The minimum atomic E-state index is -0.486. The van der Waals surface area contributed by atoms with E-state index in [0.717, 1.165) is 33.5 Å². The molecule has 33 heavy (non-hydrogen) atoms. The molecule has 0 saturated carbocycles. The van der Waals surface area contributed by atoms with Crippen LogP contribution in [0.1, 0.15) is 41.6 Å². The van der Waals surface area contributed by atoms with Crippen LogP contribution in [-0.2, 0) is 10.5 Å². The highest BCUT2D eigenvalue weighted by Crippen LogP contribution is 2.32. The summed E-state index contributed by atoms with van der Waals surface area (Å²) in [6.07, 6.45) is 2.28. The molecule has 0 aliphatic heterocycles. The summed E-state index contributed by atoms with van der Waals surface area (Å²) in [5.41, 5.74) is 6.32. The zero-order valence-electron chi connectivity index (χ0n) is 19.2. The lowest BCUT2D eigenvalue weighted by Gasteiger charge is -2.21. The number of hydrogen-bond acceptors (Lipinski definition) is 4. The molecule has 0 fully saturated rings. The predicted octanol–water partition coefficient (Wildman–Crippen LogP) is 6.38. The number of thioether (sulfide) groups is 1. The molecule has 5 nitrogen and oxygen atoms in total. The van der Waals surface area contributed by atoms with Crippen LogP contribution >= 0.6 is 11.8 Å². The maximum Gasteiger partial charge on any atom is 0.247 e. The van der Waals surface area contributed by atoms with E-state index in [2.05, 4.69) is 22.4 Å². The number of anilines is 1. The summed E-state index contributed by atoms with van der Waals surface area (Å²) in [6, 6.07) is 13.9. The number of aryl methyl sites for hydroxylation is 3. The standard InChI is InChI=1S/C26H27FN4OS/c1-5-22(25(32)30-23-17(3)12-16(2)13-18(23)4)31-24-21(10-7-11-28-24)29-26(31)33-15-19-8-6-9-20(27)14-19/h6-14,22H,5,15H2,1-4H3,(H,30,32)/t22-/m0/s1. The Labute approximate surface area is 197 Å². The third-order valence-corrected chi connectivity index (χ3v) is 6.62. The molecule has 170 valence electrons. The van der Waals surface area contributed by atoms with Crippen LogP contribution in [0, 0.1) is 26.6 Å². The zero-order valence-corrected chi connectivity index (χ0v) is 20.0. The van der Waals surface area contributed by atoms with E-state index in [1.165, 1.54) is 23.9 Å². The molecule has 2 aromatic carbocycles. The van der Waals surface area contributed by atoms with Gasteiger partial charge in [-0.25, -0.2) is 14.4 Å². The molecule has 4 aromatic rings. The van der Waals surface area contributed by atoms with E-state index in [1.54, 1.807) is 12.3 Å². The first-order valence-electron chi connectivity index (χ1n) is 11.0. The number of benzene rings is 2. The summed E-state index contributed by atoms with van der Waals surface area (Å²) >= 11 is 1.48. The topological polar surface area (TPSA) is 59.8 Å². The third kappa shape index (κ3) is 4.93. The Morgan fingerprint density at radius 1 is 1.12 bits per heavy atom. The van der Waals surface area contributed by atoms with Crippen molar-refractivity contribution in [2.75, 3.05) is 5.32 Å². The van der Waals surface area contributed by atoms with Gasteiger partial charge in [-0.05, 0) is 68.1 Å². The Hall–Kier alpha value is -3.19. The van der Waals surface area contributed by atoms with Crippen molar-refractivity contribution in [3.05, 3.63) is 82.8 Å². The van der Waals surface area contributed by atoms with Gasteiger partial charge in [0.05, 0.1) is 0 Å². The van der Waals surface area contributed by atoms with Crippen molar-refractivity contribution >= 4 is 34.5 Å². The Kier molecular flexibility index (Phi) is 6.79. The van der Waals surface area contributed by atoms with Crippen LogP contribution in [0.5, 0.6) is 0 Å². The van der Waals surface area contributed by atoms with Crippen LogP contribution < -0.4 is 5.32 Å². The van der Waals surface area contributed by atoms with Gasteiger partial charge in [-0.15, -0.1) is 0 Å². The normalized spacial score (nSPS) is 12.2. The van der Waals surface area contributed by atoms with Crippen LogP contribution in [0.2, 0.25) is 0 Å². The van der Waals surface area contributed by atoms with Crippen LogP contribution in [0.4, 0.5) is 10.1 Å². The molecule has 0 saturated heterocycles. The first kappa shape index (κ1) is 23.0. The molecule has 0 aliphatic carbocycles. The molecule has 1 atom stereocenters. The number of carbonyl (C=O) groups excluding carboxylic acids is 1. The molecule has 0 unspecified atom stereocenters. The summed E-state index contributed by atoms with van der Waals surface area (Å²) < 4.78 is 15.5. The Morgan fingerprint density at radius 2 is 1.88 bits per heavy atom. The van der Waals surface area contributed by atoms with E-state index < -0.39 is 6.04 Å². The summed E-state index contributed by atoms with van der Waals surface area (Å²) in [7, 11) is 0. The number of nitrogens with one attached hydrogen (secondary N) is 1. The minimum absolute atomic E-state index is 0.106. The largest absolute Gasteiger partial charge is 0.324 e. The highest BCUT2D eigenvalue weighted by Gasteiger charge is 2.26. The van der Waals surface area contributed by atoms with Crippen LogP contribution in [0.25, 0.3) is 11.2 Å². The number of amides is 1. The molecule has 1 N–H and O–H groups in total.